The van der Waals surface area contributed by atoms with E-state index in [-0.39, 0.29) is 11.6 Å². The predicted octanol–water partition coefficient (Wildman–Crippen LogP) is 3.55. The number of aliphatic hydroxyl groups is 1. The number of para-hydroxylation sites is 1. The van der Waals surface area contributed by atoms with Crippen LogP contribution in [0.2, 0.25) is 0 Å². The molecule has 0 saturated carbocycles. The van der Waals surface area contributed by atoms with E-state index >= 15 is 0 Å². The quantitative estimate of drug-likeness (QED) is 0.770. The number of nitrogens with zero attached hydrogens (tertiary/aromatic N) is 1. The molecule has 2 N–H and O–H groups in total. The van der Waals surface area contributed by atoms with E-state index in [0.29, 0.717) is 17.1 Å². The lowest BCUT2D eigenvalue weighted by Crippen LogP contribution is -2.15. The van der Waals surface area contributed by atoms with Crippen LogP contribution in [-0.4, -0.2) is 23.1 Å². The summed E-state index contributed by atoms with van der Waals surface area (Å²) in [5.41, 5.74) is 1.47. The van der Waals surface area contributed by atoms with E-state index in [4.69, 9.17) is 4.74 Å². The zero-order chi connectivity index (χ0) is 17.1. The summed E-state index contributed by atoms with van der Waals surface area (Å²) < 4.78 is 5.30. The number of anilines is 1. The molecule has 0 spiro atoms. The highest BCUT2D eigenvalue weighted by Crippen LogP contribution is 2.26. The molecule has 0 radical (unpaired) electrons. The lowest BCUT2D eigenvalue weighted by molar-refractivity contribution is 0.102. The predicted molar refractivity (Wildman–Crippen MR) is 93.3 cm³/mol. The van der Waals surface area contributed by atoms with Gasteiger partial charge in [0.05, 0.1) is 13.2 Å². The molecular weight excluding hydrogens is 304 g/mol. The maximum absolute atomic E-state index is 12.6. The fourth-order valence-electron chi connectivity index (χ4n) is 2.60. The molecule has 24 heavy (non-hydrogen) atoms. The van der Waals surface area contributed by atoms with Gasteiger partial charge < -0.3 is 15.2 Å². The Morgan fingerprint density at radius 1 is 1.17 bits per heavy atom. The van der Waals surface area contributed by atoms with Crippen molar-refractivity contribution in [1.82, 2.24) is 4.98 Å². The lowest BCUT2D eigenvalue weighted by atomic mass is 10.1. The van der Waals surface area contributed by atoms with Crippen LogP contribution in [0.1, 0.15) is 29.1 Å². The van der Waals surface area contributed by atoms with E-state index in [9.17, 15) is 9.90 Å². The van der Waals surface area contributed by atoms with Gasteiger partial charge in [-0.05, 0) is 30.5 Å². The minimum Gasteiger partial charge on any atom is -0.481 e. The van der Waals surface area contributed by atoms with Crippen molar-refractivity contribution in [3.05, 3.63) is 65.9 Å². The van der Waals surface area contributed by atoms with Gasteiger partial charge in [0.2, 0.25) is 5.88 Å². The van der Waals surface area contributed by atoms with E-state index < -0.39 is 6.10 Å². The summed E-state index contributed by atoms with van der Waals surface area (Å²) in [4.78, 5) is 16.9. The molecule has 0 fully saturated rings. The van der Waals surface area contributed by atoms with Crippen LogP contribution in [0.3, 0.4) is 0 Å². The maximum Gasteiger partial charge on any atom is 0.274 e. The Bertz CT molecular complexity index is 891. The number of benzene rings is 2. The molecule has 122 valence electrons. The number of hydrogen-bond donors (Lipinski definition) is 2. The third kappa shape index (κ3) is 3.07. The Morgan fingerprint density at radius 3 is 2.62 bits per heavy atom. The van der Waals surface area contributed by atoms with Crippen LogP contribution in [0.25, 0.3) is 10.8 Å². The molecule has 2 aromatic carbocycles. The number of ether oxygens (including phenoxy) is 1. The molecule has 3 rings (SSSR count). The number of rotatable bonds is 4. The summed E-state index contributed by atoms with van der Waals surface area (Å²) in [6, 6.07) is 16.4. The highest BCUT2D eigenvalue weighted by atomic mass is 16.5. The van der Waals surface area contributed by atoms with Crippen LogP contribution in [0.15, 0.2) is 54.6 Å². The van der Waals surface area contributed by atoms with E-state index in [2.05, 4.69) is 10.3 Å². The molecule has 1 aromatic heterocycles. The highest BCUT2D eigenvalue weighted by Gasteiger charge is 2.15. The zero-order valence-corrected chi connectivity index (χ0v) is 13.5. The average molecular weight is 322 g/mol. The summed E-state index contributed by atoms with van der Waals surface area (Å²) in [5.74, 6) is 0.0502. The third-order valence-corrected chi connectivity index (χ3v) is 3.79. The Hall–Kier alpha value is -2.92. The second-order valence-corrected chi connectivity index (χ2v) is 5.46. The van der Waals surface area contributed by atoms with Gasteiger partial charge in [-0.3, -0.25) is 4.79 Å². The molecule has 1 heterocycles. The first-order valence-electron chi connectivity index (χ1n) is 7.62. The largest absolute Gasteiger partial charge is 0.481 e. The van der Waals surface area contributed by atoms with E-state index in [0.717, 1.165) is 10.8 Å². The van der Waals surface area contributed by atoms with Crippen molar-refractivity contribution >= 4 is 22.4 Å². The number of pyridine rings is 1. The number of fused-ring (bicyclic) bond motifs is 1. The molecule has 5 heteroatoms. The van der Waals surface area contributed by atoms with Crippen molar-refractivity contribution in [2.24, 2.45) is 0 Å². The van der Waals surface area contributed by atoms with Crippen molar-refractivity contribution in [3.8, 4) is 5.88 Å². The van der Waals surface area contributed by atoms with Gasteiger partial charge in [0.25, 0.3) is 5.91 Å². The standard InChI is InChI=1S/C19H18N2O3/c1-12(22)14-8-5-6-10-16(14)20-18(23)17-11-13-7-3-4-9-15(13)19(21-17)24-2/h3-12,22H,1-2H3,(H,20,23). The molecule has 0 bridgehead atoms. The summed E-state index contributed by atoms with van der Waals surface area (Å²) in [5, 5.41) is 14.4. The Labute approximate surface area is 139 Å². The molecule has 1 unspecified atom stereocenters. The topological polar surface area (TPSA) is 71.5 Å². The number of carbonyl (C=O) groups excluding carboxylic acids is 1. The van der Waals surface area contributed by atoms with Gasteiger partial charge in [0.1, 0.15) is 5.69 Å². The van der Waals surface area contributed by atoms with Gasteiger partial charge in [-0.2, -0.15) is 0 Å². The number of amides is 1. The van der Waals surface area contributed by atoms with Crippen LogP contribution in [0, 0.1) is 0 Å². The molecule has 3 aromatic rings. The molecule has 0 aliphatic heterocycles. The summed E-state index contributed by atoms with van der Waals surface area (Å²) in [6.45, 7) is 1.66. The fourth-order valence-corrected chi connectivity index (χ4v) is 2.60. The van der Waals surface area contributed by atoms with E-state index in [1.165, 1.54) is 7.11 Å². The van der Waals surface area contributed by atoms with Crippen LogP contribution in [-0.2, 0) is 0 Å². The van der Waals surface area contributed by atoms with Crippen LogP contribution < -0.4 is 10.1 Å². The lowest BCUT2D eigenvalue weighted by Gasteiger charge is -2.13. The monoisotopic (exact) mass is 322 g/mol. The van der Waals surface area contributed by atoms with Crippen molar-refractivity contribution in [2.75, 3.05) is 12.4 Å². The number of aromatic nitrogens is 1. The van der Waals surface area contributed by atoms with Gasteiger partial charge in [-0.25, -0.2) is 4.98 Å². The number of nitrogens with one attached hydrogen (secondary N) is 1. The Morgan fingerprint density at radius 2 is 1.88 bits per heavy atom. The Balaban J connectivity index is 1.98. The number of aliphatic hydroxyl groups excluding tert-OH is 1. The van der Waals surface area contributed by atoms with Crippen LogP contribution >= 0.6 is 0 Å². The van der Waals surface area contributed by atoms with Crippen LogP contribution in [0.5, 0.6) is 5.88 Å². The summed E-state index contributed by atoms with van der Waals surface area (Å²) in [7, 11) is 1.53. The van der Waals surface area contributed by atoms with Crippen molar-refractivity contribution in [1.29, 1.82) is 0 Å². The molecule has 0 saturated heterocycles. The molecule has 1 atom stereocenters. The van der Waals surface area contributed by atoms with Gasteiger partial charge in [0, 0.05) is 16.6 Å². The van der Waals surface area contributed by atoms with Crippen molar-refractivity contribution < 1.29 is 14.6 Å². The summed E-state index contributed by atoms with van der Waals surface area (Å²) in [6.07, 6.45) is -0.680. The van der Waals surface area contributed by atoms with E-state index in [1.807, 2.05) is 30.3 Å². The first-order valence-corrected chi connectivity index (χ1v) is 7.62. The maximum atomic E-state index is 12.6. The van der Waals surface area contributed by atoms with Gasteiger partial charge in [-0.15, -0.1) is 0 Å². The van der Waals surface area contributed by atoms with E-state index in [1.54, 1.807) is 31.2 Å². The average Bonchev–Trinajstić information content (AvgIpc) is 2.61. The minimum absolute atomic E-state index is 0.256. The van der Waals surface area contributed by atoms with Crippen molar-refractivity contribution in [3.63, 3.8) is 0 Å². The summed E-state index contributed by atoms with van der Waals surface area (Å²) >= 11 is 0. The fraction of sp³-hybridized carbons (Fsp3) is 0.158. The second-order valence-electron chi connectivity index (χ2n) is 5.46. The number of carbonyl (C=O) groups is 1. The SMILES string of the molecule is COc1nc(C(=O)Nc2ccccc2C(C)O)cc2ccccc12. The number of methoxy groups -OCH3 is 1. The van der Waals surface area contributed by atoms with Gasteiger partial charge in [0.15, 0.2) is 0 Å². The molecule has 5 nitrogen and oxygen atoms in total. The second kappa shape index (κ2) is 6.68. The number of hydrogen-bond acceptors (Lipinski definition) is 4. The van der Waals surface area contributed by atoms with Gasteiger partial charge in [-0.1, -0.05) is 36.4 Å². The highest BCUT2D eigenvalue weighted by molar-refractivity contribution is 6.05. The first-order chi connectivity index (χ1) is 11.6. The zero-order valence-electron chi connectivity index (χ0n) is 13.5. The minimum atomic E-state index is -0.680. The third-order valence-electron chi connectivity index (χ3n) is 3.79. The smallest absolute Gasteiger partial charge is 0.274 e. The normalized spacial score (nSPS) is 12.0. The molecular formula is C19H18N2O3. The van der Waals surface area contributed by atoms with Crippen LogP contribution in [0.4, 0.5) is 5.69 Å². The van der Waals surface area contributed by atoms with Crippen molar-refractivity contribution in [2.45, 2.75) is 13.0 Å². The van der Waals surface area contributed by atoms with Gasteiger partial charge >= 0.3 is 0 Å². The first kappa shape index (κ1) is 16.0. The Kier molecular flexibility index (Phi) is 4.44. The molecule has 0 aliphatic carbocycles. The molecule has 1 amide bonds. The molecule has 0 aliphatic rings.